The fourth-order valence-electron chi connectivity index (χ4n) is 2.47. The summed E-state index contributed by atoms with van der Waals surface area (Å²) < 4.78 is 11.3. The second-order valence-electron chi connectivity index (χ2n) is 5.42. The van der Waals surface area contributed by atoms with Gasteiger partial charge in [0.15, 0.2) is 0 Å². The number of nitrogens with zero attached hydrogens (tertiary/aromatic N) is 1. The Morgan fingerprint density at radius 1 is 1.32 bits per heavy atom. The van der Waals surface area contributed by atoms with E-state index in [-0.39, 0.29) is 30.7 Å². The van der Waals surface area contributed by atoms with Crippen LogP contribution in [-0.4, -0.2) is 62.8 Å². The standard InChI is InChI=1S/C17H27N3O3.2ClH/c1-3-20(4-2)10-12-23-15-8-6-5-7-14(15)19-17(21)16-13-18-9-11-22-16;;/h5-8,16,18H,3-4,9-13H2,1-2H3,(H,19,21);2*1H. The zero-order valence-electron chi connectivity index (χ0n) is 14.8. The molecule has 1 amide bonds. The SMILES string of the molecule is CCN(CC)CCOc1ccccc1NC(=O)C1CNCCO1.Cl.Cl. The summed E-state index contributed by atoms with van der Waals surface area (Å²) in [4.78, 5) is 14.5. The molecular weight excluding hydrogens is 365 g/mol. The summed E-state index contributed by atoms with van der Waals surface area (Å²) in [5, 5.41) is 6.06. The Morgan fingerprint density at radius 2 is 2.04 bits per heavy atom. The van der Waals surface area contributed by atoms with Crippen molar-refractivity contribution >= 4 is 36.4 Å². The van der Waals surface area contributed by atoms with Gasteiger partial charge in [-0.05, 0) is 25.2 Å². The molecule has 8 heteroatoms. The van der Waals surface area contributed by atoms with E-state index in [1.54, 1.807) is 0 Å². The molecule has 1 fully saturated rings. The third-order valence-electron chi connectivity index (χ3n) is 3.92. The predicted molar refractivity (Wildman–Crippen MR) is 105 cm³/mol. The van der Waals surface area contributed by atoms with Gasteiger partial charge in [0.25, 0.3) is 5.91 Å². The van der Waals surface area contributed by atoms with Gasteiger partial charge in [0, 0.05) is 19.6 Å². The topological polar surface area (TPSA) is 62.8 Å². The highest BCUT2D eigenvalue weighted by Crippen LogP contribution is 2.24. The average molecular weight is 394 g/mol. The minimum absolute atomic E-state index is 0. The summed E-state index contributed by atoms with van der Waals surface area (Å²) in [5.41, 5.74) is 0.686. The van der Waals surface area contributed by atoms with Crippen LogP contribution in [0.3, 0.4) is 0 Å². The highest BCUT2D eigenvalue weighted by Gasteiger charge is 2.22. The zero-order valence-corrected chi connectivity index (χ0v) is 16.5. The maximum absolute atomic E-state index is 12.3. The van der Waals surface area contributed by atoms with Crippen LogP contribution >= 0.6 is 24.8 Å². The molecule has 25 heavy (non-hydrogen) atoms. The van der Waals surface area contributed by atoms with Gasteiger partial charge in [0.05, 0.1) is 12.3 Å². The quantitative estimate of drug-likeness (QED) is 0.708. The number of amides is 1. The maximum Gasteiger partial charge on any atom is 0.254 e. The van der Waals surface area contributed by atoms with Crippen LogP contribution in [0, 0.1) is 0 Å². The number of halogens is 2. The van der Waals surface area contributed by atoms with Crippen molar-refractivity contribution in [3.63, 3.8) is 0 Å². The summed E-state index contributed by atoms with van der Waals surface area (Å²) in [6, 6.07) is 7.51. The molecule has 1 atom stereocenters. The molecule has 0 spiro atoms. The number of para-hydroxylation sites is 2. The molecule has 0 aliphatic carbocycles. The Labute approximate surface area is 162 Å². The number of carbonyl (C=O) groups excluding carboxylic acids is 1. The smallest absolute Gasteiger partial charge is 0.254 e. The van der Waals surface area contributed by atoms with E-state index in [1.807, 2.05) is 24.3 Å². The molecule has 1 aromatic rings. The molecule has 0 aromatic heterocycles. The summed E-state index contributed by atoms with van der Waals surface area (Å²) in [5.74, 6) is 0.550. The molecule has 0 radical (unpaired) electrons. The molecule has 1 unspecified atom stereocenters. The minimum Gasteiger partial charge on any atom is -0.490 e. The number of ether oxygens (including phenoxy) is 2. The zero-order chi connectivity index (χ0) is 16.5. The molecule has 2 N–H and O–H groups in total. The van der Waals surface area contributed by atoms with Gasteiger partial charge < -0.3 is 25.0 Å². The van der Waals surface area contributed by atoms with Crippen LogP contribution in [0.4, 0.5) is 5.69 Å². The van der Waals surface area contributed by atoms with Crippen molar-refractivity contribution in [3.8, 4) is 5.75 Å². The minimum atomic E-state index is -0.451. The third-order valence-corrected chi connectivity index (χ3v) is 3.92. The number of hydrogen-bond donors (Lipinski definition) is 2. The summed E-state index contributed by atoms with van der Waals surface area (Å²) in [6.07, 6.45) is -0.451. The second-order valence-corrected chi connectivity index (χ2v) is 5.42. The van der Waals surface area contributed by atoms with Crippen LogP contribution in [0.2, 0.25) is 0 Å². The molecule has 1 aliphatic heterocycles. The van der Waals surface area contributed by atoms with Gasteiger partial charge in [-0.25, -0.2) is 0 Å². The molecular formula is C17H29Cl2N3O3. The first-order valence-corrected chi connectivity index (χ1v) is 8.32. The van der Waals surface area contributed by atoms with Gasteiger partial charge in [-0.3, -0.25) is 4.79 Å². The van der Waals surface area contributed by atoms with Crippen molar-refractivity contribution in [2.75, 3.05) is 51.3 Å². The van der Waals surface area contributed by atoms with E-state index in [1.165, 1.54) is 0 Å². The molecule has 2 rings (SSSR count). The maximum atomic E-state index is 12.3. The van der Waals surface area contributed by atoms with Crippen LogP contribution in [0.1, 0.15) is 13.8 Å². The van der Waals surface area contributed by atoms with Crippen molar-refractivity contribution in [3.05, 3.63) is 24.3 Å². The first-order valence-electron chi connectivity index (χ1n) is 8.32. The molecule has 1 saturated heterocycles. The highest BCUT2D eigenvalue weighted by atomic mass is 35.5. The Kier molecular flexibility index (Phi) is 12.6. The van der Waals surface area contributed by atoms with E-state index < -0.39 is 6.10 Å². The van der Waals surface area contributed by atoms with Gasteiger partial charge in [0.1, 0.15) is 18.5 Å². The monoisotopic (exact) mass is 393 g/mol. The lowest BCUT2D eigenvalue weighted by molar-refractivity contribution is -0.128. The molecule has 0 bridgehead atoms. The molecule has 6 nitrogen and oxygen atoms in total. The first kappa shape index (κ1) is 23.9. The van der Waals surface area contributed by atoms with Crippen LogP contribution < -0.4 is 15.4 Å². The van der Waals surface area contributed by atoms with Gasteiger partial charge >= 0.3 is 0 Å². The lowest BCUT2D eigenvalue weighted by Gasteiger charge is -2.23. The van der Waals surface area contributed by atoms with Crippen molar-refractivity contribution in [2.45, 2.75) is 20.0 Å². The van der Waals surface area contributed by atoms with Crippen LogP contribution in [0.5, 0.6) is 5.75 Å². The van der Waals surface area contributed by atoms with Crippen molar-refractivity contribution < 1.29 is 14.3 Å². The Hall–Kier alpha value is -1.05. The van der Waals surface area contributed by atoms with Crippen molar-refractivity contribution in [1.29, 1.82) is 0 Å². The Morgan fingerprint density at radius 3 is 2.68 bits per heavy atom. The third kappa shape index (κ3) is 7.79. The number of morpholine rings is 1. The summed E-state index contributed by atoms with van der Waals surface area (Å²) in [7, 11) is 0. The number of hydrogen-bond acceptors (Lipinski definition) is 5. The number of likely N-dealkylation sites (N-methyl/N-ethyl adjacent to an activating group) is 1. The van der Waals surface area contributed by atoms with Gasteiger partial charge in [-0.2, -0.15) is 0 Å². The molecule has 1 aromatic carbocycles. The van der Waals surface area contributed by atoms with E-state index in [4.69, 9.17) is 9.47 Å². The normalized spacial score (nSPS) is 16.5. The first-order chi connectivity index (χ1) is 11.2. The summed E-state index contributed by atoms with van der Waals surface area (Å²) in [6.45, 7) is 9.62. The van der Waals surface area contributed by atoms with Gasteiger partial charge in [0.2, 0.25) is 0 Å². The van der Waals surface area contributed by atoms with Crippen LogP contribution in [0.25, 0.3) is 0 Å². The van der Waals surface area contributed by atoms with E-state index in [0.29, 0.717) is 31.2 Å². The van der Waals surface area contributed by atoms with Crippen LogP contribution in [-0.2, 0) is 9.53 Å². The number of carbonyl (C=O) groups is 1. The van der Waals surface area contributed by atoms with Gasteiger partial charge in [-0.1, -0.05) is 26.0 Å². The van der Waals surface area contributed by atoms with Gasteiger partial charge in [-0.15, -0.1) is 24.8 Å². The average Bonchev–Trinajstić information content (AvgIpc) is 2.61. The molecule has 0 saturated carbocycles. The summed E-state index contributed by atoms with van der Waals surface area (Å²) >= 11 is 0. The van der Waals surface area contributed by atoms with Crippen molar-refractivity contribution in [2.24, 2.45) is 0 Å². The second kappa shape index (κ2) is 13.2. The van der Waals surface area contributed by atoms with Crippen LogP contribution in [0.15, 0.2) is 24.3 Å². The molecule has 1 heterocycles. The lowest BCUT2D eigenvalue weighted by Crippen LogP contribution is -2.45. The largest absolute Gasteiger partial charge is 0.490 e. The highest BCUT2D eigenvalue weighted by molar-refractivity contribution is 5.95. The van der Waals surface area contributed by atoms with E-state index >= 15 is 0 Å². The van der Waals surface area contributed by atoms with E-state index in [2.05, 4.69) is 29.4 Å². The molecule has 144 valence electrons. The molecule has 1 aliphatic rings. The van der Waals surface area contributed by atoms with E-state index in [9.17, 15) is 4.79 Å². The predicted octanol–water partition coefficient (Wildman–Crippen LogP) is 2.18. The number of anilines is 1. The number of nitrogens with one attached hydrogen (secondary N) is 2. The number of rotatable bonds is 8. The Bertz CT molecular complexity index is 496. The Balaban J connectivity index is 0.00000288. The van der Waals surface area contributed by atoms with Crippen molar-refractivity contribution in [1.82, 2.24) is 10.2 Å². The fourth-order valence-corrected chi connectivity index (χ4v) is 2.47. The number of benzene rings is 1. The van der Waals surface area contributed by atoms with E-state index in [0.717, 1.165) is 26.2 Å². The lowest BCUT2D eigenvalue weighted by atomic mass is 10.2. The fraction of sp³-hybridized carbons (Fsp3) is 0.588.